The van der Waals surface area contributed by atoms with Crippen LogP contribution in [0.3, 0.4) is 0 Å². The van der Waals surface area contributed by atoms with Crippen LogP contribution in [0.2, 0.25) is 0 Å². The lowest BCUT2D eigenvalue weighted by Gasteiger charge is -2.01. The molecule has 0 unspecified atom stereocenters. The van der Waals surface area contributed by atoms with Gasteiger partial charge in [-0.2, -0.15) is 11.8 Å². The van der Waals surface area contributed by atoms with Gasteiger partial charge in [-0.15, -0.1) is 0 Å². The van der Waals surface area contributed by atoms with Gasteiger partial charge in [-0.1, -0.05) is 13.8 Å². The minimum atomic E-state index is -0.162. The number of halogens is 1. The number of hydrogen-bond donors (Lipinski definition) is 0. The molecule has 0 atom stereocenters. The largest absolute Gasteiger partial charge is 0.251 e. The summed E-state index contributed by atoms with van der Waals surface area (Å²) < 4.78 is 11.5. The van der Waals surface area contributed by atoms with Crippen LogP contribution in [0.15, 0.2) is 0 Å². The molecule has 0 rings (SSSR count). The summed E-state index contributed by atoms with van der Waals surface area (Å²) in [5.41, 5.74) is 0. The third-order valence-corrected chi connectivity index (χ3v) is 2.35. The van der Waals surface area contributed by atoms with Crippen LogP contribution in [-0.2, 0) is 0 Å². The van der Waals surface area contributed by atoms with Gasteiger partial charge in [-0.3, -0.25) is 4.39 Å². The monoisotopic (exact) mass is 150 g/mol. The Morgan fingerprint density at radius 2 is 2.11 bits per heavy atom. The molecule has 0 fully saturated rings. The van der Waals surface area contributed by atoms with Gasteiger partial charge in [0.1, 0.15) is 0 Å². The molecule has 0 aromatic rings. The van der Waals surface area contributed by atoms with Crippen molar-refractivity contribution in [2.75, 3.05) is 18.2 Å². The highest BCUT2D eigenvalue weighted by Gasteiger charge is 1.92. The predicted molar refractivity (Wildman–Crippen MR) is 42.8 cm³/mol. The molecular formula is C7H15FS. The third kappa shape index (κ3) is 8.28. The highest BCUT2D eigenvalue weighted by Crippen LogP contribution is 2.08. The van der Waals surface area contributed by atoms with E-state index < -0.39 is 0 Å². The van der Waals surface area contributed by atoms with Crippen LogP contribution in [0.4, 0.5) is 4.39 Å². The number of hydrogen-bond acceptors (Lipinski definition) is 1. The fraction of sp³-hybridized carbons (Fsp3) is 1.00. The van der Waals surface area contributed by atoms with E-state index >= 15 is 0 Å². The van der Waals surface area contributed by atoms with Crippen LogP contribution in [0, 0.1) is 5.92 Å². The Hall–Kier alpha value is 0.280. The van der Waals surface area contributed by atoms with E-state index in [0.717, 1.165) is 18.1 Å². The van der Waals surface area contributed by atoms with E-state index in [4.69, 9.17) is 0 Å². The topological polar surface area (TPSA) is 0 Å². The van der Waals surface area contributed by atoms with Crippen LogP contribution in [0.25, 0.3) is 0 Å². The molecule has 0 aliphatic carbocycles. The van der Waals surface area contributed by atoms with Crippen molar-refractivity contribution in [3.8, 4) is 0 Å². The molecule has 0 saturated heterocycles. The Morgan fingerprint density at radius 3 is 2.56 bits per heavy atom. The number of rotatable bonds is 5. The Kier molecular flexibility index (Phi) is 6.60. The summed E-state index contributed by atoms with van der Waals surface area (Å²) in [6, 6.07) is 0. The van der Waals surface area contributed by atoms with E-state index in [1.54, 1.807) is 0 Å². The molecule has 0 radical (unpaired) electrons. The standard InChI is InChI=1S/C7H15FS/c1-7(2)6-9-5-3-4-8/h7H,3-6H2,1-2H3. The molecule has 0 N–H and O–H groups in total. The van der Waals surface area contributed by atoms with Crippen LogP contribution in [0.5, 0.6) is 0 Å². The first kappa shape index (κ1) is 9.28. The van der Waals surface area contributed by atoms with Gasteiger partial charge in [0.15, 0.2) is 0 Å². The van der Waals surface area contributed by atoms with Crippen molar-refractivity contribution in [3.63, 3.8) is 0 Å². The number of thioether (sulfide) groups is 1. The first-order chi connectivity index (χ1) is 4.27. The molecule has 56 valence electrons. The summed E-state index contributed by atoms with van der Waals surface area (Å²) in [7, 11) is 0. The second-order valence-corrected chi connectivity index (χ2v) is 3.66. The van der Waals surface area contributed by atoms with E-state index in [0.29, 0.717) is 0 Å². The highest BCUT2D eigenvalue weighted by atomic mass is 32.2. The third-order valence-electron chi connectivity index (χ3n) is 0.873. The lowest BCUT2D eigenvalue weighted by atomic mass is 10.3. The Bertz CT molecular complexity index is 54.9. The van der Waals surface area contributed by atoms with Crippen molar-refractivity contribution in [1.82, 2.24) is 0 Å². The molecule has 0 nitrogen and oxygen atoms in total. The molecular weight excluding hydrogens is 135 g/mol. The zero-order chi connectivity index (χ0) is 7.11. The predicted octanol–water partition coefficient (Wildman–Crippen LogP) is 2.74. The maximum absolute atomic E-state index is 11.5. The minimum Gasteiger partial charge on any atom is -0.251 e. The molecule has 0 saturated carbocycles. The summed E-state index contributed by atoms with van der Waals surface area (Å²) >= 11 is 1.85. The Morgan fingerprint density at radius 1 is 1.44 bits per heavy atom. The lowest BCUT2D eigenvalue weighted by molar-refractivity contribution is 0.489. The van der Waals surface area contributed by atoms with Gasteiger partial charge in [0.25, 0.3) is 0 Å². The van der Waals surface area contributed by atoms with Crippen molar-refractivity contribution < 1.29 is 4.39 Å². The quantitative estimate of drug-likeness (QED) is 0.543. The summed E-state index contributed by atoms with van der Waals surface area (Å²) in [5.74, 6) is 2.89. The fourth-order valence-corrected chi connectivity index (χ4v) is 1.43. The van der Waals surface area contributed by atoms with Gasteiger partial charge in [0, 0.05) is 0 Å². The molecule has 0 aromatic carbocycles. The molecule has 0 aliphatic heterocycles. The Balaban J connectivity index is 2.75. The van der Waals surface area contributed by atoms with E-state index in [-0.39, 0.29) is 6.67 Å². The maximum atomic E-state index is 11.5. The fourth-order valence-electron chi connectivity index (χ4n) is 0.476. The molecule has 0 amide bonds. The highest BCUT2D eigenvalue weighted by molar-refractivity contribution is 7.99. The van der Waals surface area contributed by atoms with Crippen molar-refractivity contribution in [1.29, 1.82) is 0 Å². The van der Waals surface area contributed by atoms with Crippen LogP contribution >= 0.6 is 11.8 Å². The molecule has 0 bridgehead atoms. The lowest BCUT2D eigenvalue weighted by Crippen LogP contribution is -1.92. The Labute approximate surface area is 61.2 Å². The van der Waals surface area contributed by atoms with E-state index in [1.807, 2.05) is 11.8 Å². The summed E-state index contributed by atoms with van der Waals surface area (Å²) in [6.07, 6.45) is 0.720. The SMILES string of the molecule is CC(C)CSCCCF. The van der Waals surface area contributed by atoms with Gasteiger partial charge in [-0.25, -0.2) is 0 Å². The summed E-state index contributed by atoms with van der Waals surface area (Å²) in [5, 5.41) is 0. The molecule has 0 aromatic heterocycles. The maximum Gasteiger partial charge on any atom is 0.0902 e. The average molecular weight is 150 g/mol. The molecule has 9 heavy (non-hydrogen) atoms. The van der Waals surface area contributed by atoms with Gasteiger partial charge in [0.05, 0.1) is 6.67 Å². The average Bonchev–Trinajstić information content (AvgIpc) is 1.80. The first-order valence-corrected chi connectivity index (χ1v) is 4.56. The van der Waals surface area contributed by atoms with Crippen LogP contribution < -0.4 is 0 Å². The summed E-state index contributed by atoms with van der Waals surface area (Å²) in [4.78, 5) is 0. The van der Waals surface area contributed by atoms with E-state index in [9.17, 15) is 4.39 Å². The number of alkyl halides is 1. The van der Waals surface area contributed by atoms with Crippen LogP contribution in [0.1, 0.15) is 20.3 Å². The van der Waals surface area contributed by atoms with Crippen molar-refractivity contribution in [3.05, 3.63) is 0 Å². The smallest absolute Gasteiger partial charge is 0.0902 e. The second kappa shape index (κ2) is 6.40. The zero-order valence-electron chi connectivity index (χ0n) is 6.19. The molecule has 2 heteroatoms. The molecule has 0 heterocycles. The van der Waals surface area contributed by atoms with Gasteiger partial charge in [-0.05, 0) is 23.8 Å². The second-order valence-electron chi connectivity index (χ2n) is 2.51. The normalized spacial score (nSPS) is 10.7. The zero-order valence-corrected chi connectivity index (χ0v) is 7.01. The van der Waals surface area contributed by atoms with Crippen molar-refractivity contribution >= 4 is 11.8 Å². The minimum absolute atomic E-state index is 0.162. The molecule has 0 spiro atoms. The van der Waals surface area contributed by atoms with Crippen molar-refractivity contribution in [2.24, 2.45) is 5.92 Å². The van der Waals surface area contributed by atoms with Gasteiger partial charge < -0.3 is 0 Å². The van der Waals surface area contributed by atoms with E-state index in [2.05, 4.69) is 13.8 Å². The first-order valence-electron chi connectivity index (χ1n) is 3.41. The van der Waals surface area contributed by atoms with Gasteiger partial charge in [0.2, 0.25) is 0 Å². The summed E-state index contributed by atoms with van der Waals surface area (Å²) in [6.45, 7) is 4.20. The molecule has 0 aliphatic rings. The van der Waals surface area contributed by atoms with Crippen LogP contribution in [-0.4, -0.2) is 18.2 Å². The van der Waals surface area contributed by atoms with E-state index in [1.165, 1.54) is 5.75 Å². The van der Waals surface area contributed by atoms with Crippen molar-refractivity contribution in [2.45, 2.75) is 20.3 Å². The van der Waals surface area contributed by atoms with Gasteiger partial charge >= 0.3 is 0 Å².